The minimum absolute atomic E-state index is 0.0661. The Morgan fingerprint density at radius 2 is 1.08 bits per heavy atom. The highest BCUT2D eigenvalue weighted by Gasteiger charge is 2.42. The van der Waals surface area contributed by atoms with E-state index in [1.165, 1.54) is 129 Å². The van der Waals surface area contributed by atoms with E-state index < -0.39 is 0 Å². The molecule has 0 saturated heterocycles. The van der Waals surface area contributed by atoms with E-state index in [1.54, 1.807) is 5.56 Å². The first-order chi connectivity index (χ1) is 23.6. The summed E-state index contributed by atoms with van der Waals surface area (Å²) >= 11 is 1.31. The fourth-order valence-corrected chi connectivity index (χ4v) is 8.59. The van der Waals surface area contributed by atoms with Crippen molar-refractivity contribution in [2.45, 2.75) is 129 Å². The fraction of sp³-hybridized carbons (Fsp3) is 0.455. The van der Waals surface area contributed by atoms with Gasteiger partial charge in [-0.2, -0.15) is 8.75 Å². The Morgan fingerprint density at radius 1 is 0.562 bits per heavy atom. The lowest BCUT2D eigenvalue weighted by atomic mass is 9.70. The summed E-state index contributed by atoms with van der Waals surface area (Å²) in [6, 6.07) is 29.5. The van der Waals surface area contributed by atoms with Crippen LogP contribution in [0.1, 0.15) is 129 Å². The lowest BCUT2D eigenvalue weighted by molar-refractivity contribution is 0.242. The number of benzene rings is 4. The Kier molecular flexibility index (Phi) is 11.6. The molecule has 0 aliphatic heterocycles. The van der Waals surface area contributed by atoms with Crippen LogP contribution in [0.4, 0.5) is 0 Å². The maximum absolute atomic E-state index is 5.90. The van der Waals surface area contributed by atoms with Crippen LogP contribution in [0.25, 0.3) is 44.4 Å². The Labute approximate surface area is 293 Å². The van der Waals surface area contributed by atoms with Crippen molar-refractivity contribution in [1.29, 1.82) is 0 Å². The summed E-state index contributed by atoms with van der Waals surface area (Å²) in [4.78, 5) is 0. The first-order valence-corrected chi connectivity index (χ1v) is 19.6. The molecule has 1 aliphatic rings. The van der Waals surface area contributed by atoms with Crippen molar-refractivity contribution >= 4 is 22.8 Å². The molecule has 5 aromatic rings. The zero-order valence-electron chi connectivity index (χ0n) is 29.7. The lowest BCUT2D eigenvalue weighted by Gasteiger charge is -2.33. The van der Waals surface area contributed by atoms with Crippen LogP contribution < -0.4 is 4.74 Å². The van der Waals surface area contributed by atoms with Gasteiger partial charge in [-0.25, -0.2) is 0 Å². The van der Waals surface area contributed by atoms with E-state index >= 15 is 0 Å². The summed E-state index contributed by atoms with van der Waals surface area (Å²) in [5, 5.41) is 0. The van der Waals surface area contributed by atoms with Gasteiger partial charge in [-0.15, -0.1) is 0 Å². The normalized spacial score (nSPS) is 13.3. The molecule has 0 bridgehead atoms. The number of ether oxygens (including phenoxy) is 1. The smallest absolute Gasteiger partial charge is 0.119 e. The number of unbranched alkanes of at least 4 members (excludes halogenated alkanes) is 10. The molecule has 6 rings (SSSR count). The van der Waals surface area contributed by atoms with Crippen molar-refractivity contribution < 1.29 is 4.74 Å². The Balaban J connectivity index is 1.36. The van der Waals surface area contributed by atoms with Gasteiger partial charge in [-0.3, -0.25) is 0 Å². The standard InChI is InChI=1S/C44H54N2OS/c1-5-7-9-11-13-17-29-44(30-18-14-12-10-8-6-2)40-20-16-15-19-38(40)39-26-23-34(31-41(39)44)37-28-27-36(42-43(37)46-48-45-42)33-21-24-35(25-22-33)47-32(3)4/h15-16,19-28,31-32H,5-14,17-18,29-30H2,1-4H3. The van der Waals surface area contributed by atoms with Gasteiger partial charge in [0.25, 0.3) is 0 Å². The molecule has 0 spiro atoms. The van der Waals surface area contributed by atoms with E-state index in [0.29, 0.717) is 0 Å². The van der Waals surface area contributed by atoms with Gasteiger partial charge < -0.3 is 4.74 Å². The summed E-state index contributed by atoms with van der Waals surface area (Å²) in [7, 11) is 0. The zero-order valence-corrected chi connectivity index (χ0v) is 30.5. The number of aromatic nitrogens is 2. The zero-order chi connectivity index (χ0) is 33.3. The topological polar surface area (TPSA) is 35.0 Å². The highest BCUT2D eigenvalue weighted by Crippen LogP contribution is 2.55. The second-order valence-electron chi connectivity index (χ2n) is 14.2. The minimum Gasteiger partial charge on any atom is -0.491 e. The van der Waals surface area contributed by atoms with Gasteiger partial charge in [0.2, 0.25) is 0 Å². The van der Waals surface area contributed by atoms with Crippen LogP contribution in [0.2, 0.25) is 0 Å². The molecule has 48 heavy (non-hydrogen) atoms. The Bertz CT molecular complexity index is 1750. The molecular weight excluding hydrogens is 605 g/mol. The molecule has 0 amide bonds. The Morgan fingerprint density at radius 3 is 1.71 bits per heavy atom. The second-order valence-corrected chi connectivity index (χ2v) is 14.8. The summed E-state index contributed by atoms with van der Waals surface area (Å²) in [6.07, 6.45) is 18.6. The van der Waals surface area contributed by atoms with Crippen molar-refractivity contribution in [2.75, 3.05) is 0 Å². The van der Waals surface area contributed by atoms with Crippen LogP contribution in [-0.2, 0) is 5.41 Å². The molecule has 1 aromatic heterocycles. The molecule has 4 heteroatoms. The summed E-state index contributed by atoms with van der Waals surface area (Å²) in [5.74, 6) is 0.891. The van der Waals surface area contributed by atoms with E-state index in [1.807, 2.05) is 0 Å². The third-order valence-corrected chi connectivity index (χ3v) is 11.0. The number of nitrogens with zero attached hydrogens (tertiary/aromatic N) is 2. The molecule has 252 valence electrons. The summed E-state index contributed by atoms with van der Waals surface area (Å²) in [5.41, 5.74) is 12.7. The van der Waals surface area contributed by atoms with Crippen molar-refractivity contribution in [2.24, 2.45) is 0 Å². The third kappa shape index (κ3) is 7.39. The highest BCUT2D eigenvalue weighted by molar-refractivity contribution is 7.00. The average molecular weight is 659 g/mol. The molecule has 4 aromatic carbocycles. The molecule has 0 saturated carbocycles. The van der Waals surface area contributed by atoms with Gasteiger partial charge in [0.05, 0.1) is 17.8 Å². The van der Waals surface area contributed by atoms with Crippen LogP contribution in [0.3, 0.4) is 0 Å². The molecule has 0 unspecified atom stereocenters. The predicted octanol–water partition coefficient (Wildman–Crippen LogP) is 13.6. The molecule has 0 atom stereocenters. The van der Waals surface area contributed by atoms with E-state index in [2.05, 4.69) is 107 Å². The van der Waals surface area contributed by atoms with Crippen LogP contribution in [-0.4, -0.2) is 14.9 Å². The van der Waals surface area contributed by atoms with Gasteiger partial charge in [0.1, 0.15) is 16.8 Å². The predicted molar refractivity (Wildman–Crippen MR) is 206 cm³/mol. The molecule has 0 fully saturated rings. The number of hydrogen-bond acceptors (Lipinski definition) is 4. The number of hydrogen-bond donors (Lipinski definition) is 0. The third-order valence-electron chi connectivity index (χ3n) is 10.4. The average Bonchev–Trinajstić information content (AvgIpc) is 3.70. The summed E-state index contributed by atoms with van der Waals surface area (Å²) in [6.45, 7) is 8.73. The van der Waals surface area contributed by atoms with E-state index in [4.69, 9.17) is 13.5 Å². The Hall–Kier alpha value is -3.50. The van der Waals surface area contributed by atoms with Crippen LogP contribution >= 0.6 is 11.7 Å². The van der Waals surface area contributed by atoms with Crippen molar-refractivity contribution in [3.63, 3.8) is 0 Å². The number of rotatable bonds is 18. The number of fused-ring (bicyclic) bond motifs is 4. The molecular formula is C44H54N2OS. The van der Waals surface area contributed by atoms with Crippen molar-refractivity contribution in [3.8, 4) is 39.1 Å². The van der Waals surface area contributed by atoms with Crippen LogP contribution in [0.5, 0.6) is 5.75 Å². The molecule has 1 aliphatic carbocycles. The van der Waals surface area contributed by atoms with Gasteiger partial charge in [-0.1, -0.05) is 152 Å². The minimum atomic E-state index is 0.0661. The van der Waals surface area contributed by atoms with Gasteiger partial charge in [0, 0.05) is 16.5 Å². The fourth-order valence-electron chi connectivity index (χ4n) is 8.02. The highest BCUT2D eigenvalue weighted by atomic mass is 32.1. The molecule has 1 heterocycles. The monoisotopic (exact) mass is 658 g/mol. The second kappa shape index (κ2) is 16.3. The molecule has 3 nitrogen and oxygen atoms in total. The SMILES string of the molecule is CCCCCCCCC1(CCCCCCCC)c2ccccc2-c2ccc(-c3ccc(-c4ccc(OC(C)C)cc4)c4nsnc34)cc21. The van der Waals surface area contributed by atoms with E-state index in [9.17, 15) is 0 Å². The van der Waals surface area contributed by atoms with Crippen LogP contribution in [0.15, 0.2) is 78.9 Å². The lowest BCUT2D eigenvalue weighted by Crippen LogP contribution is -2.25. The quantitative estimate of drug-likeness (QED) is 0.0879. The maximum atomic E-state index is 5.90. The first kappa shape index (κ1) is 34.4. The van der Waals surface area contributed by atoms with Gasteiger partial charge in [-0.05, 0) is 78.3 Å². The maximum Gasteiger partial charge on any atom is 0.119 e. The summed E-state index contributed by atoms with van der Waals surface area (Å²) < 4.78 is 15.6. The van der Waals surface area contributed by atoms with Gasteiger partial charge >= 0.3 is 0 Å². The molecule has 0 N–H and O–H groups in total. The van der Waals surface area contributed by atoms with Crippen LogP contribution in [0, 0.1) is 0 Å². The first-order valence-electron chi connectivity index (χ1n) is 18.8. The van der Waals surface area contributed by atoms with Crippen molar-refractivity contribution in [3.05, 3.63) is 90.0 Å². The van der Waals surface area contributed by atoms with E-state index in [-0.39, 0.29) is 11.5 Å². The largest absolute Gasteiger partial charge is 0.491 e. The van der Waals surface area contributed by atoms with Gasteiger partial charge in [0.15, 0.2) is 0 Å². The van der Waals surface area contributed by atoms with Crippen molar-refractivity contribution in [1.82, 2.24) is 8.75 Å². The van der Waals surface area contributed by atoms with E-state index in [0.717, 1.165) is 27.9 Å². The molecule has 0 radical (unpaired) electrons.